The summed E-state index contributed by atoms with van der Waals surface area (Å²) in [6.45, 7) is 15.8. The van der Waals surface area contributed by atoms with Gasteiger partial charge in [0, 0.05) is 29.6 Å². The molecule has 1 aliphatic rings. The van der Waals surface area contributed by atoms with Crippen LogP contribution in [-0.4, -0.2) is 60.2 Å². The first-order valence-electron chi connectivity index (χ1n) is 14.8. The van der Waals surface area contributed by atoms with E-state index in [2.05, 4.69) is 44.2 Å². The summed E-state index contributed by atoms with van der Waals surface area (Å²) >= 11 is 0. The molecule has 11 heteroatoms. The van der Waals surface area contributed by atoms with Crippen molar-refractivity contribution in [2.45, 2.75) is 83.8 Å². The van der Waals surface area contributed by atoms with Gasteiger partial charge in [-0.2, -0.15) is 0 Å². The Morgan fingerprint density at radius 3 is 2.43 bits per heavy atom. The first-order valence-corrected chi connectivity index (χ1v) is 17.7. The van der Waals surface area contributed by atoms with E-state index in [4.69, 9.17) is 13.9 Å². The van der Waals surface area contributed by atoms with Crippen LogP contribution in [0.4, 0.5) is 14.0 Å². The van der Waals surface area contributed by atoms with Gasteiger partial charge in [0.05, 0.1) is 6.54 Å². The zero-order chi connectivity index (χ0) is 32.4. The highest BCUT2D eigenvalue weighted by atomic mass is 28.4. The molecule has 0 unspecified atom stereocenters. The Hall–Kier alpha value is -3.99. The third-order valence-corrected chi connectivity index (χ3v) is 12.5. The molecule has 0 fully saturated rings. The van der Waals surface area contributed by atoms with Crippen LogP contribution in [-0.2, 0) is 20.5 Å². The Bertz CT molecular complexity index is 1520. The van der Waals surface area contributed by atoms with Crippen LogP contribution in [0.15, 0.2) is 66.2 Å². The lowest BCUT2D eigenvalue weighted by molar-refractivity contribution is 0.0186. The topological polar surface area (TPSA) is 113 Å². The van der Waals surface area contributed by atoms with Crippen molar-refractivity contribution in [3.63, 3.8) is 0 Å². The van der Waals surface area contributed by atoms with Crippen molar-refractivity contribution < 1.29 is 33.0 Å². The van der Waals surface area contributed by atoms with Crippen molar-refractivity contribution in [2.24, 2.45) is 0 Å². The number of hydrogen-bond acceptors (Lipinski definition) is 6. The quantitative estimate of drug-likeness (QED) is 0.221. The first-order chi connectivity index (χ1) is 20.5. The third-order valence-electron chi connectivity index (χ3n) is 8.16. The van der Waals surface area contributed by atoms with Gasteiger partial charge >= 0.3 is 12.2 Å². The van der Waals surface area contributed by atoms with Gasteiger partial charge in [-0.3, -0.25) is 4.90 Å². The van der Waals surface area contributed by atoms with E-state index in [-0.39, 0.29) is 30.5 Å². The normalized spacial score (nSPS) is 16.7. The number of aliphatic hydroxyl groups is 1. The number of aromatic amines is 1. The number of nitrogens with one attached hydrogen (secondary N) is 2. The van der Waals surface area contributed by atoms with Gasteiger partial charge in [0.1, 0.15) is 29.8 Å². The number of nitrogens with zero attached hydrogens (tertiary/aromatic N) is 1. The number of rotatable bonds is 8. The second kappa shape index (κ2) is 12.5. The molecule has 2 heterocycles. The zero-order valence-electron chi connectivity index (χ0n) is 26.8. The van der Waals surface area contributed by atoms with Crippen molar-refractivity contribution in [1.82, 2.24) is 15.2 Å². The smallest absolute Gasteiger partial charge is 0.411 e. The molecule has 44 heavy (non-hydrogen) atoms. The van der Waals surface area contributed by atoms with Crippen molar-refractivity contribution in [3.05, 3.63) is 83.2 Å². The number of aliphatic hydroxyl groups excluding tert-OH is 1. The third kappa shape index (κ3) is 7.55. The number of carbonyl (C=O) groups excluding carboxylic acids is 2. The van der Waals surface area contributed by atoms with E-state index in [1.54, 1.807) is 33.0 Å². The molecule has 1 aromatic heterocycles. The highest BCUT2D eigenvalue weighted by Crippen LogP contribution is 2.43. The predicted octanol–water partition coefficient (Wildman–Crippen LogP) is 7.73. The summed E-state index contributed by atoms with van der Waals surface area (Å²) in [6.07, 6.45) is 0.414. The Labute approximate surface area is 259 Å². The number of alkyl carbamates (subject to hydrolysis) is 1. The van der Waals surface area contributed by atoms with E-state index < -0.39 is 43.9 Å². The molecule has 0 saturated heterocycles. The number of benzene rings is 2. The molecule has 2 aromatic carbocycles. The summed E-state index contributed by atoms with van der Waals surface area (Å²) in [5, 5.41) is 15.1. The summed E-state index contributed by atoms with van der Waals surface area (Å²) in [6, 6.07) is 12.7. The predicted molar refractivity (Wildman–Crippen MR) is 170 cm³/mol. The summed E-state index contributed by atoms with van der Waals surface area (Å²) in [5.41, 5.74) is 1.24. The minimum absolute atomic E-state index is 0.0101. The maximum absolute atomic E-state index is 14.1. The van der Waals surface area contributed by atoms with Crippen molar-refractivity contribution >= 4 is 31.4 Å². The highest BCUT2D eigenvalue weighted by molar-refractivity contribution is 6.74. The Morgan fingerprint density at radius 1 is 1.11 bits per heavy atom. The van der Waals surface area contributed by atoms with Crippen molar-refractivity contribution in [3.8, 4) is 0 Å². The van der Waals surface area contributed by atoms with Crippen LogP contribution in [0, 0.1) is 5.82 Å². The van der Waals surface area contributed by atoms with Gasteiger partial charge in [-0.15, -0.1) is 0 Å². The molecule has 3 aromatic rings. The van der Waals surface area contributed by atoms with Crippen LogP contribution in [0.25, 0.3) is 10.9 Å². The van der Waals surface area contributed by atoms with E-state index in [1.165, 1.54) is 17.0 Å². The fourth-order valence-electron chi connectivity index (χ4n) is 4.89. The number of H-pyrrole nitrogens is 1. The molecule has 0 saturated carbocycles. The van der Waals surface area contributed by atoms with E-state index in [0.29, 0.717) is 22.2 Å². The van der Waals surface area contributed by atoms with Gasteiger partial charge in [0.2, 0.25) is 8.32 Å². The molecule has 0 aliphatic carbocycles. The molecule has 3 N–H and O–H groups in total. The average molecular weight is 626 g/mol. The molecule has 4 rings (SSSR count). The van der Waals surface area contributed by atoms with Crippen LogP contribution in [0.1, 0.15) is 58.6 Å². The fourth-order valence-corrected chi connectivity index (χ4v) is 5.98. The molecule has 238 valence electrons. The second-order valence-corrected chi connectivity index (χ2v) is 18.4. The van der Waals surface area contributed by atoms with Crippen molar-refractivity contribution in [2.75, 3.05) is 13.1 Å². The maximum atomic E-state index is 14.1. The molecular formula is C33H44FN3O6Si. The molecule has 1 aliphatic heterocycles. The minimum atomic E-state index is -2.42. The molecule has 2 atom stereocenters. The molecule has 0 spiro atoms. The molecule has 0 radical (unpaired) electrons. The lowest BCUT2D eigenvalue weighted by Crippen LogP contribution is -2.47. The van der Waals surface area contributed by atoms with Crippen LogP contribution in [0.2, 0.25) is 18.1 Å². The van der Waals surface area contributed by atoms with Gasteiger partial charge in [-0.25, -0.2) is 14.0 Å². The van der Waals surface area contributed by atoms with Crippen LogP contribution >= 0.6 is 0 Å². The number of carbonyl (C=O) groups is 2. The molecular weight excluding hydrogens is 581 g/mol. The Morgan fingerprint density at radius 2 is 1.80 bits per heavy atom. The zero-order valence-corrected chi connectivity index (χ0v) is 27.8. The van der Waals surface area contributed by atoms with Crippen LogP contribution in [0.5, 0.6) is 0 Å². The first kappa shape index (κ1) is 32.9. The van der Waals surface area contributed by atoms with Gasteiger partial charge in [-0.1, -0.05) is 51.1 Å². The number of hydrogen-bond donors (Lipinski definition) is 3. The average Bonchev–Trinajstić information content (AvgIpc) is 3.47. The fraction of sp³-hybridized carbons (Fsp3) is 0.455. The standard InChI is InChI=1S/C33H44FN3O6Si/c1-32(2,3)42-31(40)37-19-27(43-44(7,8)33(4,5)6)29(38)28(37)25(24-17-35-26-16-22(34)14-15-23(24)26)18-36-30(39)41-20-21-12-10-9-11-13-21/h9-17,25,28,35,38H,18-20H2,1-8H3,(H,36,39)/t25-,28+/m0/s1. The summed E-state index contributed by atoms with van der Waals surface area (Å²) < 4.78 is 31.9. The maximum Gasteiger partial charge on any atom is 0.411 e. The second-order valence-electron chi connectivity index (χ2n) is 13.7. The van der Waals surface area contributed by atoms with Crippen LogP contribution < -0.4 is 5.32 Å². The highest BCUT2D eigenvalue weighted by Gasteiger charge is 2.48. The van der Waals surface area contributed by atoms with E-state index >= 15 is 0 Å². The van der Waals surface area contributed by atoms with Crippen molar-refractivity contribution in [1.29, 1.82) is 0 Å². The SMILES string of the molecule is CC(C)(C)OC(=O)N1CC(O[Si](C)(C)C(C)(C)C)=C(O)[C@H]1[C@@H](CNC(=O)OCc1ccccc1)c1c[nH]c2cc(F)ccc12. The number of ether oxygens (including phenoxy) is 2. The molecule has 0 bridgehead atoms. The summed E-state index contributed by atoms with van der Waals surface area (Å²) in [5.74, 6) is -0.905. The number of aromatic nitrogens is 1. The largest absolute Gasteiger partial charge is 0.543 e. The minimum Gasteiger partial charge on any atom is -0.543 e. The van der Waals surface area contributed by atoms with Gasteiger partial charge < -0.3 is 29.3 Å². The van der Waals surface area contributed by atoms with E-state index in [1.807, 2.05) is 30.3 Å². The van der Waals surface area contributed by atoms with E-state index in [9.17, 15) is 19.1 Å². The Kier molecular flexibility index (Phi) is 9.39. The van der Waals surface area contributed by atoms with Gasteiger partial charge in [-0.05, 0) is 68.2 Å². The van der Waals surface area contributed by atoms with Gasteiger partial charge in [0.25, 0.3) is 0 Å². The lowest BCUT2D eigenvalue weighted by Gasteiger charge is -2.37. The van der Waals surface area contributed by atoms with E-state index in [0.717, 1.165) is 5.56 Å². The lowest BCUT2D eigenvalue weighted by atomic mass is 9.89. The number of fused-ring (bicyclic) bond motifs is 1. The number of halogens is 1. The molecule has 9 nitrogen and oxygen atoms in total. The van der Waals surface area contributed by atoms with Crippen LogP contribution in [0.3, 0.4) is 0 Å². The Balaban J connectivity index is 1.73. The summed E-state index contributed by atoms with van der Waals surface area (Å²) in [7, 11) is -2.42. The molecule has 2 amide bonds. The van der Waals surface area contributed by atoms with Gasteiger partial charge in [0.15, 0.2) is 5.76 Å². The summed E-state index contributed by atoms with van der Waals surface area (Å²) in [4.78, 5) is 31.1. The number of amides is 2. The monoisotopic (exact) mass is 625 g/mol.